The maximum absolute atomic E-state index is 12.8. The van der Waals surface area contributed by atoms with Crippen molar-refractivity contribution in [3.05, 3.63) is 80.7 Å². The maximum Gasteiger partial charge on any atom is 0.292 e. The van der Waals surface area contributed by atoms with Crippen LogP contribution in [0.4, 0.5) is 5.69 Å². The summed E-state index contributed by atoms with van der Waals surface area (Å²) in [6.45, 7) is 3.72. The lowest BCUT2D eigenvalue weighted by Gasteiger charge is -2.33. The van der Waals surface area contributed by atoms with Crippen molar-refractivity contribution in [2.45, 2.75) is 25.8 Å². The first-order valence-corrected chi connectivity index (χ1v) is 11.5. The Morgan fingerprint density at radius 1 is 1.09 bits per heavy atom. The lowest BCUT2D eigenvalue weighted by atomic mass is 10.0. The van der Waals surface area contributed by atoms with Crippen LogP contribution in [0.5, 0.6) is 5.75 Å². The molecule has 33 heavy (non-hydrogen) atoms. The highest BCUT2D eigenvalue weighted by molar-refractivity contribution is 6.33. The van der Waals surface area contributed by atoms with Crippen LogP contribution in [-0.2, 0) is 0 Å². The summed E-state index contributed by atoms with van der Waals surface area (Å²) in [5, 5.41) is 8.21. The van der Waals surface area contributed by atoms with Crippen LogP contribution < -0.4 is 15.6 Å². The number of nitrogens with zero attached hydrogens (tertiary/aromatic N) is 3. The zero-order chi connectivity index (χ0) is 23.4. The molecule has 172 valence electrons. The summed E-state index contributed by atoms with van der Waals surface area (Å²) in [7, 11) is 0. The molecule has 0 spiro atoms. The van der Waals surface area contributed by atoms with E-state index in [4.69, 9.17) is 27.9 Å². The van der Waals surface area contributed by atoms with Crippen LogP contribution in [0.25, 0.3) is 5.69 Å². The van der Waals surface area contributed by atoms with E-state index in [9.17, 15) is 9.59 Å². The Morgan fingerprint density at radius 3 is 2.39 bits per heavy atom. The van der Waals surface area contributed by atoms with Crippen LogP contribution in [0.3, 0.4) is 0 Å². The fourth-order valence-electron chi connectivity index (χ4n) is 3.79. The van der Waals surface area contributed by atoms with Gasteiger partial charge in [-0.2, -0.15) is 9.78 Å². The summed E-state index contributed by atoms with van der Waals surface area (Å²) in [5.74, 6) is 0.752. The standard InChI is InChI=1S/C24H24Cl2N4O3/c1-2-33-20-9-3-16(4-10-20)23(31)29-13-11-18(12-14-29)28-21-15-27-30(24(32)22(21)26)19-7-5-17(25)6-8-19/h3-10,15,18,28H,2,11-14H2,1H3. The fourth-order valence-corrected chi connectivity index (χ4v) is 4.10. The first kappa shape index (κ1) is 23.1. The van der Waals surface area contributed by atoms with Gasteiger partial charge in [-0.15, -0.1) is 0 Å². The Bertz CT molecular complexity index is 1170. The van der Waals surface area contributed by atoms with Crippen molar-refractivity contribution < 1.29 is 9.53 Å². The number of benzene rings is 2. The Morgan fingerprint density at radius 2 is 1.76 bits per heavy atom. The number of piperidine rings is 1. The summed E-state index contributed by atoms with van der Waals surface area (Å²) in [6, 6.07) is 14.1. The largest absolute Gasteiger partial charge is 0.494 e. The summed E-state index contributed by atoms with van der Waals surface area (Å²) in [4.78, 5) is 27.4. The quantitative estimate of drug-likeness (QED) is 0.548. The Labute approximate surface area is 201 Å². The van der Waals surface area contributed by atoms with E-state index in [0.717, 1.165) is 18.6 Å². The van der Waals surface area contributed by atoms with Crippen molar-refractivity contribution >= 4 is 34.8 Å². The van der Waals surface area contributed by atoms with Crippen molar-refractivity contribution in [3.63, 3.8) is 0 Å². The molecule has 0 radical (unpaired) electrons. The van der Waals surface area contributed by atoms with Gasteiger partial charge in [-0.1, -0.05) is 23.2 Å². The number of hydrogen-bond donors (Lipinski definition) is 1. The summed E-state index contributed by atoms with van der Waals surface area (Å²) >= 11 is 12.3. The molecule has 7 nitrogen and oxygen atoms in total. The van der Waals surface area contributed by atoms with Gasteiger partial charge in [-0.25, -0.2) is 0 Å². The Balaban J connectivity index is 1.37. The first-order valence-electron chi connectivity index (χ1n) is 10.8. The molecule has 4 rings (SSSR count). The van der Waals surface area contributed by atoms with Gasteiger partial charge in [0, 0.05) is 29.7 Å². The van der Waals surface area contributed by atoms with Crippen LogP contribution in [0.2, 0.25) is 10.0 Å². The van der Waals surface area contributed by atoms with Gasteiger partial charge >= 0.3 is 0 Å². The van der Waals surface area contributed by atoms with Gasteiger partial charge in [0.15, 0.2) is 0 Å². The van der Waals surface area contributed by atoms with Crippen molar-refractivity contribution in [1.82, 2.24) is 14.7 Å². The minimum absolute atomic E-state index is 0.00163. The number of carbonyl (C=O) groups excluding carboxylic acids is 1. The molecule has 1 fully saturated rings. The normalized spacial score (nSPS) is 14.2. The van der Waals surface area contributed by atoms with Crippen molar-refractivity contribution in [2.75, 3.05) is 25.0 Å². The second-order valence-electron chi connectivity index (χ2n) is 7.73. The summed E-state index contributed by atoms with van der Waals surface area (Å²) < 4.78 is 6.67. The second-order valence-corrected chi connectivity index (χ2v) is 8.55. The molecule has 0 saturated carbocycles. The molecular weight excluding hydrogens is 463 g/mol. The number of aromatic nitrogens is 2. The van der Waals surface area contributed by atoms with Gasteiger partial charge in [0.1, 0.15) is 10.8 Å². The number of ether oxygens (including phenoxy) is 1. The van der Waals surface area contributed by atoms with E-state index in [1.54, 1.807) is 42.6 Å². The first-order chi connectivity index (χ1) is 16.0. The molecule has 1 aliphatic rings. The minimum Gasteiger partial charge on any atom is -0.494 e. The van der Waals surface area contributed by atoms with Crippen LogP contribution in [0, 0.1) is 0 Å². The molecule has 2 heterocycles. The maximum atomic E-state index is 12.8. The third kappa shape index (κ3) is 5.31. The Kier molecular flexibility index (Phi) is 7.20. The van der Waals surface area contributed by atoms with Crippen LogP contribution in [0.1, 0.15) is 30.1 Å². The highest BCUT2D eigenvalue weighted by atomic mass is 35.5. The number of anilines is 1. The van der Waals surface area contributed by atoms with Gasteiger partial charge in [0.25, 0.3) is 11.5 Å². The van der Waals surface area contributed by atoms with Gasteiger partial charge in [0.05, 0.1) is 24.2 Å². The van der Waals surface area contributed by atoms with E-state index in [-0.39, 0.29) is 17.0 Å². The third-order valence-corrected chi connectivity index (χ3v) is 6.16. The summed E-state index contributed by atoms with van der Waals surface area (Å²) in [5.41, 5.74) is 1.30. The van der Waals surface area contributed by atoms with E-state index < -0.39 is 5.56 Å². The molecule has 1 N–H and O–H groups in total. The molecule has 0 atom stereocenters. The van der Waals surface area contributed by atoms with Crippen LogP contribution in [0.15, 0.2) is 59.5 Å². The number of hydrogen-bond acceptors (Lipinski definition) is 5. The van der Waals surface area contributed by atoms with E-state index in [1.807, 2.05) is 24.0 Å². The highest BCUT2D eigenvalue weighted by Crippen LogP contribution is 2.23. The number of carbonyl (C=O) groups is 1. The molecule has 1 saturated heterocycles. The molecular formula is C24H24Cl2N4O3. The highest BCUT2D eigenvalue weighted by Gasteiger charge is 2.24. The molecule has 0 bridgehead atoms. The molecule has 0 unspecified atom stereocenters. The van der Waals surface area contributed by atoms with Gasteiger partial charge < -0.3 is 15.0 Å². The SMILES string of the molecule is CCOc1ccc(C(=O)N2CCC(Nc3cnn(-c4ccc(Cl)cc4)c(=O)c3Cl)CC2)cc1. The molecule has 1 aliphatic heterocycles. The monoisotopic (exact) mass is 486 g/mol. The second kappa shape index (κ2) is 10.3. The van der Waals surface area contributed by atoms with Crippen molar-refractivity contribution in [1.29, 1.82) is 0 Å². The zero-order valence-electron chi connectivity index (χ0n) is 18.1. The average Bonchev–Trinajstić information content (AvgIpc) is 2.84. The molecule has 0 aliphatic carbocycles. The minimum atomic E-state index is -0.410. The zero-order valence-corrected chi connectivity index (χ0v) is 19.6. The molecule has 1 amide bonds. The van der Waals surface area contributed by atoms with Gasteiger partial charge in [-0.05, 0) is 68.3 Å². The number of nitrogens with one attached hydrogen (secondary N) is 1. The average molecular weight is 487 g/mol. The van der Waals surface area contributed by atoms with Crippen molar-refractivity contribution in [2.24, 2.45) is 0 Å². The molecule has 3 aromatic rings. The predicted octanol–water partition coefficient (Wildman–Crippen LogP) is 4.65. The lowest BCUT2D eigenvalue weighted by molar-refractivity contribution is 0.0718. The number of amides is 1. The molecule has 2 aromatic carbocycles. The lowest BCUT2D eigenvalue weighted by Crippen LogP contribution is -2.42. The fraction of sp³-hybridized carbons (Fsp3) is 0.292. The number of likely N-dealkylation sites (tertiary alicyclic amines) is 1. The van der Waals surface area contributed by atoms with Crippen molar-refractivity contribution in [3.8, 4) is 11.4 Å². The van der Waals surface area contributed by atoms with Gasteiger partial charge in [-0.3, -0.25) is 9.59 Å². The van der Waals surface area contributed by atoms with E-state index in [0.29, 0.717) is 41.7 Å². The number of rotatable bonds is 6. The summed E-state index contributed by atoms with van der Waals surface area (Å²) in [6.07, 6.45) is 3.02. The van der Waals surface area contributed by atoms with Crippen LogP contribution in [-0.4, -0.2) is 46.3 Å². The number of halogens is 2. The smallest absolute Gasteiger partial charge is 0.292 e. The van der Waals surface area contributed by atoms with Gasteiger partial charge in [0.2, 0.25) is 0 Å². The van der Waals surface area contributed by atoms with E-state index in [1.165, 1.54) is 4.68 Å². The van der Waals surface area contributed by atoms with Crippen LogP contribution >= 0.6 is 23.2 Å². The topological polar surface area (TPSA) is 76.5 Å². The predicted molar refractivity (Wildman–Crippen MR) is 130 cm³/mol. The van der Waals surface area contributed by atoms with E-state index in [2.05, 4.69) is 10.4 Å². The molecule has 9 heteroatoms. The third-order valence-electron chi connectivity index (χ3n) is 5.54. The molecule has 1 aromatic heterocycles. The Hall–Kier alpha value is -3.03. The van der Waals surface area contributed by atoms with E-state index >= 15 is 0 Å².